The smallest absolute Gasteiger partial charge is 0.337 e. The number of nitrogens with one attached hydrogen (secondary N) is 1. The normalized spacial score (nSPS) is 30.4. The molecule has 0 radical (unpaired) electrons. The van der Waals surface area contributed by atoms with Gasteiger partial charge in [-0.15, -0.1) is 0 Å². The summed E-state index contributed by atoms with van der Waals surface area (Å²) >= 11 is 0. The molecule has 1 saturated heterocycles. The highest BCUT2D eigenvalue weighted by molar-refractivity contribution is 6.74. The third-order valence-electron chi connectivity index (χ3n) is 6.30. The van der Waals surface area contributed by atoms with Gasteiger partial charge in [-0.05, 0) is 37.4 Å². The van der Waals surface area contributed by atoms with Crippen molar-refractivity contribution in [3.05, 3.63) is 0 Å². The Balaban J connectivity index is 3.60. The molecule has 7 nitrogen and oxygen atoms in total. The molecule has 4 atom stereocenters. The number of esters is 1. The SMILES string of the molecule is COC(=O)[C@]1([C@@H](O[Si](C)(C)C(C)(C)C)C(C)C)NC(=O)[C@H](CCO)[C@]1(C)O. The van der Waals surface area contributed by atoms with Crippen LogP contribution >= 0.6 is 0 Å². The molecule has 3 N–H and O–H groups in total. The number of carbonyl (C=O) groups is 2. The summed E-state index contributed by atoms with van der Waals surface area (Å²) < 4.78 is 11.6. The minimum absolute atomic E-state index is 0.0441. The summed E-state index contributed by atoms with van der Waals surface area (Å²) in [5.74, 6) is -2.34. The first-order valence-corrected chi connectivity index (χ1v) is 12.4. The standard InChI is InChI=1S/C19H37NO6Si/c1-12(2)14(26-27(8,9)17(3,4)5)19(16(23)25-7)18(6,24)13(10-11-21)15(22)20-19/h12-14,21,24H,10-11H2,1-9H3,(H,20,22)/t13-,14-,18-,19-/m0/s1. The Morgan fingerprint density at radius 2 is 1.85 bits per heavy atom. The fourth-order valence-electron chi connectivity index (χ4n) is 3.59. The fourth-order valence-corrected chi connectivity index (χ4v) is 5.03. The predicted octanol–water partition coefficient (Wildman–Crippen LogP) is 1.82. The molecule has 1 rings (SSSR count). The topological polar surface area (TPSA) is 105 Å². The summed E-state index contributed by atoms with van der Waals surface area (Å²) in [6.07, 6.45) is -0.740. The van der Waals surface area contributed by atoms with E-state index in [2.05, 4.69) is 39.2 Å². The number of rotatable bonds is 7. The van der Waals surface area contributed by atoms with Gasteiger partial charge in [0, 0.05) is 6.61 Å². The average molecular weight is 404 g/mol. The quantitative estimate of drug-likeness (QED) is 0.442. The fraction of sp³-hybridized carbons (Fsp3) is 0.895. The van der Waals surface area contributed by atoms with Crippen LogP contribution in [0, 0.1) is 11.8 Å². The van der Waals surface area contributed by atoms with E-state index in [0.29, 0.717) is 0 Å². The number of hydrogen-bond donors (Lipinski definition) is 3. The van der Waals surface area contributed by atoms with Gasteiger partial charge in [-0.1, -0.05) is 34.6 Å². The summed E-state index contributed by atoms with van der Waals surface area (Å²) in [5, 5.41) is 23.4. The molecular formula is C19H37NO6Si. The lowest BCUT2D eigenvalue weighted by Gasteiger charge is -2.49. The number of carbonyl (C=O) groups excluding carboxylic acids is 2. The second-order valence-corrected chi connectivity index (χ2v) is 14.3. The van der Waals surface area contributed by atoms with E-state index in [1.165, 1.54) is 14.0 Å². The number of methoxy groups -OCH3 is 1. The van der Waals surface area contributed by atoms with Gasteiger partial charge in [0.15, 0.2) is 13.9 Å². The van der Waals surface area contributed by atoms with Crippen molar-refractivity contribution in [2.24, 2.45) is 11.8 Å². The zero-order valence-electron chi connectivity index (χ0n) is 18.2. The minimum atomic E-state index is -2.35. The lowest BCUT2D eigenvalue weighted by Crippen LogP contribution is -2.72. The van der Waals surface area contributed by atoms with Crippen LogP contribution in [0.2, 0.25) is 18.1 Å². The second-order valence-electron chi connectivity index (χ2n) is 9.54. The lowest BCUT2D eigenvalue weighted by atomic mass is 9.70. The van der Waals surface area contributed by atoms with Crippen molar-refractivity contribution in [1.82, 2.24) is 5.32 Å². The van der Waals surface area contributed by atoms with E-state index >= 15 is 0 Å². The number of aliphatic hydroxyl groups excluding tert-OH is 1. The maximum atomic E-state index is 13.0. The number of aliphatic hydroxyl groups is 2. The Morgan fingerprint density at radius 3 is 2.22 bits per heavy atom. The molecular weight excluding hydrogens is 366 g/mol. The Labute approximate surface area is 163 Å². The van der Waals surface area contributed by atoms with Crippen molar-refractivity contribution in [3.8, 4) is 0 Å². The minimum Gasteiger partial charge on any atom is -0.467 e. The van der Waals surface area contributed by atoms with Crippen molar-refractivity contribution in [1.29, 1.82) is 0 Å². The van der Waals surface area contributed by atoms with Crippen LogP contribution in [0.15, 0.2) is 0 Å². The molecule has 0 aliphatic carbocycles. The van der Waals surface area contributed by atoms with Gasteiger partial charge in [-0.3, -0.25) is 4.79 Å². The molecule has 158 valence electrons. The molecule has 0 spiro atoms. The van der Waals surface area contributed by atoms with Crippen LogP contribution < -0.4 is 5.32 Å². The van der Waals surface area contributed by atoms with Gasteiger partial charge in [0.25, 0.3) is 0 Å². The molecule has 0 saturated carbocycles. The number of hydrogen-bond acceptors (Lipinski definition) is 6. The number of ether oxygens (including phenoxy) is 1. The van der Waals surface area contributed by atoms with Crippen molar-refractivity contribution in [3.63, 3.8) is 0 Å². The van der Waals surface area contributed by atoms with Crippen molar-refractivity contribution >= 4 is 20.2 Å². The van der Waals surface area contributed by atoms with Crippen LogP contribution in [-0.2, 0) is 18.8 Å². The number of amides is 1. The van der Waals surface area contributed by atoms with E-state index < -0.39 is 43.4 Å². The molecule has 1 heterocycles. The molecule has 0 aromatic carbocycles. The monoisotopic (exact) mass is 403 g/mol. The molecule has 1 aliphatic heterocycles. The van der Waals surface area contributed by atoms with E-state index in [4.69, 9.17) is 9.16 Å². The summed E-state index contributed by atoms with van der Waals surface area (Å²) in [6, 6.07) is 0. The highest BCUT2D eigenvalue weighted by Crippen LogP contribution is 2.47. The van der Waals surface area contributed by atoms with Gasteiger partial charge in [-0.2, -0.15) is 0 Å². The van der Waals surface area contributed by atoms with Crippen molar-refractivity contribution in [2.45, 2.75) is 83.3 Å². The Kier molecular flexibility index (Phi) is 6.96. The molecule has 0 unspecified atom stereocenters. The van der Waals surface area contributed by atoms with Gasteiger partial charge < -0.3 is 24.7 Å². The summed E-state index contributed by atoms with van der Waals surface area (Å²) in [7, 11) is -1.12. The highest BCUT2D eigenvalue weighted by Gasteiger charge is 2.70. The zero-order chi connectivity index (χ0) is 21.4. The predicted molar refractivity (Wildman–Crippen MR) is 106 cm³/mol. The largest absolute Gasteiger partial charge is 0.467 e. The van der Waals surface area contributed by atoms with E-state index in [-0.39, 0.29) is 24.0 Å². The molecule has 27 heavy (non-hydrogen) atoms. The summed E-state index contributed by atoms with van der Waals surface area (Å²) in [6.45, 7) is 15.3. The average Bonchev–Trinajstić information content (AvgIpc) is 2.71. The van der Waals surface area contributed by atoms with Gasteiger partial charge in [0.2, 0.25) is 5.91 Å². The van der Waals surface area contributed by atoms with Crippen LogP contribution in [0.3, 0.4) is 0 Å². The van der Waals surface area contributed by atoms with Gasteiger partial charge in [-0.25, -0.2) is 4.79 Å². The first-order chi connectivity index (χ1) is 12.1. The zero-order valence-corrected chi connectivity index (χ0v) is 19.2. The molecule has 8 heteroatoms. The van der Waals surface area contributed by atoms with E-state index in [1.54, 1.807) is 0 Å². The third-order valence-corrected chi connectivity index (χ3v) is 10.8. The maximum Gasteiger partial charge on any atom is 0.337 e. The van der Waals surface area contributed by atoms with Crippen LogP contribution in [0.4, 0.5) is 0 Å². The molecule has 0 bridgehead atoms. The van der Waals surface area contributed by atoms with E-state index in [9.17, 15) is 19.8 Å². The molecule has 1 aliphatic rings. The maximum absolute atomic E-state index is 13.0. The first kappa shape index (κ1) is 24.1. The first-order valence-electron chi connectivity index (χ1n) is 9.51. The van der Waals surface area contributed by atoms with Gasteiger partial charge in [0.05, 0.1) is 19.1 Å². The van der Waals surface area contributed by atoms with E-state index in [1.807, 2.05) is 13.8 Å². The van der Waals surface area contributed by atoms with E-state index in [0.717, 1.165) is 0 Å². The van der Waals surface area contributed by atoms with Crippen molar-refractivity contribution < 1.29 is 29.0 Å². The Bertz CT molecular complexity index is 569. The summed E-state index contributed by atoms with van der Waals surface area (Å²) in [5.41, 5.74) is -3.53. The molecule has 1 amide bonds. The second kappa shape index (κ2) is 7.81. The molecule has 0 aromatic rings. The third kappa shape index (κ3) is 3.94. The molecule has 0 aromatic heterocycles. The molecule has 1 fully saturated rings. The Morgan fingerprint density at radius 1 is 1.33 bits per heavy atom. The van der Waals surface area contributed by atoms with Gasteiger partial charge >= 0.3 is 5.97 Å². The van der Waals surface area contributed by atoms with Crippen LogP contribution in [-0.4, -0.2) is 61.4 Å². The highest BCUT2D eigenvalue weighted by atomic mass is 28.4. The van der Waals surface area contributed by atoms with Crippen LogP contribution in [0.5, 0.6) is 0 Å². The van der Waals surface area contributed by atoms with Gasteiger partial charge in [0.1, 0.15) is 5.60 Å². The Hall–Kier alpha value is -0.963. The van der Waals surface area contributed by atoms with Crippen LogP contribution in [0.25, 0.3) is 0 Å². The lowest BCUT2D eigenvalue weighted by molar-refractivity contribution is -0.172. The van der Waals surface area contributed by atoms with Crippen molar-refractivity contribution in [2.75, 3.05) is 13.7 Å². The van der Waals surface area contributed by atoms with Crippen LogP contribution in [0.1, 0.15) is 48.0 Å². The summed E-state index contributed by atoms with van der Waals surface area (Å²) in [4.78, 5) is 25.7.